The quantitative estimate of drug-likeness (QED) is 0.831. The molecule has 0 bridgehead atoms. The number of aromatic nitrogens is 3. The zero-order chi connectivity index (χ0) is 16.7. The Labute approximate surface area is 144 Å². The van der Waals surface area contributed by atoms with Crippen molar-refractivity contribution in [3.63, 3.8) is 0 Å². The summed E-state index contributed by atoms with van der Waals surface area (Å²) in [6.45, 7) is 0.504. The molecule has 0 amide bonds. The molecule has 0 radical (unpaired) electrons. The Kier molecular flexibility index (Phi) is 4.05. The number of hydrogen-bond acceptors (Lipinski definition) is 5. The lowest BCUT2D eigenvalue weighted by molar-refractivity contribution is -0.141. The number of hydrogen-bond donors (Lipinski definition) is 2. The van der Waals surface area contributed by atoms with Crippen LogP contribution in [0.3, 0.4) is 0 Å². The number of rotatable bonds is 6. The van der Waals surface area contributed by atoms with Gasteiger partial charge in [-0.05, 0) is 49.4 Å². The largest absolute Gasteiger partial charge is 0.481 e. The highest BCUT2D eigenvalue weighted by Crippen LogP contribution is 2.40. The summed E-state index contributed by atoms with van der Waals surface area (Å²) in [7, 11) is 0. The van der Waals surface area contributed by atoms with Crippen molar-refractivity contribution in [3.05, 3.63) is 35.0 Å². The van der Waals surface area contributed by atoms with Crippen molar-refractivity contribution in [2.24, 2.45) is 5.92 Å². The van der Waals surface area contributed by atoms with Gasteiger partial charge < -0.3 is 14.8 Å². The normalized spacial score (nSPS) is 26.8. The first-order valence-corrected chi connectivity index (χ1v) is 8.60. The van der Waals surface area contributed by atoms with Gasteiger partial charge in [0, 0.05) is 18.2 Å². The van der Waals surface area contributed by atoms with E-state index >= 15 is 0 Å². The maximum Gasteiger partial charge on any atom is 0.306 e. The first kappa shape index (κ1) is 15.7. The minimum Gasteiger partial charge on any atom is -0.481 e. The fourth-order valence-corrected chi connectivity index (χ4v) is 3.59. The molecule has 24 heavy (non-hydrogen) atoms. The molecule has 7 nitrogen and oxygen atoms in total. The topological polar surface area (TPSA) is 93.2 Å². The molecule has 0 saturated heterocycles. The van der Waals surface area contributed by atoms with Crippen LogP contribution in [0, 0.1) is 5.92 Å². The number of halogens is 1. The van der Waals surface area contributed by atoms with Crippen LogP contribution >= 0.6 is 11.6 Å². The summed E-state index contributed by atoms with van der Waals surface area (Å²) < 4.78 is 7.19. The summed E-state index contributed by atoms with van der Waals surface area (Å²) in [4.78, 5) is 11.4. The van der Waals surface area contributed by atoms with Crippen LogP contribution in [0.4, 0.5) is 0 Å². The number of carboxylic acids is 1. The van der Waals surface area contributed by atoms with Crippen molar-refractivity contribution >= 4 is 17.6 Å². The van der Waals surface area contributed by atoms with Gasteiger partial charge in [-0.15, -0.1) is 5.10 Å². The van der Waals surface area contributed by atoms with E-state index in [-0.39, 0.29) is 18.0 Å². The fourth-order valence-electron chi connectivity index (χ4n) is 3.43. The van der Waals surface area contributed by atoms with Crippen molar-refractivity contribution in [1.82, 2.24) is 20.3 Å². The van der Waals surface area contributed by atoms with E-state index in [1.165, 1.54) is 12.8 Å². The molecule has 2 aromatic rings. The Bertz CT molecular complexity index is 739. The van der Waals surface area contributed by atoms with Gasteiger partial charge in [-0.2, -0.15) is 0 Å². The average molecular weight is 351 g/mol. The molecule has 0 spiro atoms. The molecule has 2 heterocycles. The second-order valence-corrected chi connectivity index (χ2v) is 7.04. The van der Waals surface area contributed by atoms with Crippen LogP contribution in [0.1, 0.15) is 49.1 Å². The molecule has 0 aliphatic heterocycles. The highest BCUT2D eigenvalue weighted by Gasteiger charge is 2.40. The maximum absolute atomic E-state index is 11.4. The van der Waals surface area contributed by atoms with E-state index in [0.717, 1.165) is 11.5 Å². The number of nitrogens with one attached hydrogen (secondary N) is 1. The van der Waals surface area contributed by atoms with Crippen LogP contribution in [0.5, 0.6) is 0 Å². The number of carbonyl (C=O) groups is 1. The zero-order valence-electron chi connectivity index (χ0n) is 13.1. The highest BCUT2D eigenvalue weighted by molar-refractivity contribution is 6.28. The number of furan rings is 1. The van der Waals surface area contributed by atoms with Gasteiger partial charge >= 0.3 is 5.97 Å². The third-order valence-corrected chi connectivity index (χ3v) is 5.11. The molecule has 3 atom stereocenters. The third-order valence-electron chi connectivity index (χ3n) is 4.91. The number of nitrogens with zero attached hydrogens (tertiary/aromatic N) is 3. The Morgan fingerprint density at radius 1 is 1.42 bits per heavy atom. The maximum atomic E-state index is 11.4. The number of carboxylic acid groups (broad SMARTS) is 1. The van der Waals surface area contributed by atoms with E-state index in [9.17, 15) is 9.90 Å². The molecule has 0 aromatic carbocycles. The lowest BCUT2D eigenvalue weighted by atomic mass is 10.1. The van der Waals surface area contributed by atoms with Crippen LogP contribution in [-0.2, 0) is 11.3 Å². The van der Waals surface area contributed by atoms with Crippen LogP contribution in [0.25, 0.3) is 0 Å². The molecule has 2 aromatic heterocycles. The molecular weight excluding hydrogens is 332 g/mol. The van der Waals surface area contributed by atoms with Crippen molar-refractivity contribution in [3.8, 4) is 0 Å². The van der Waals surface area contributed by atoms with Crippen LogP contribution in [0.2, 0.25) is 5.22 Å². The summed E-state index contributed by atoms with van der Waals surface area (Å²) in [5.74, 6) is 0.135. The van der Waals surface area contributed by atoms with Crippen LogP contribution in [0.15, 0.2) is 22.7 Å². The molecule has 128 valence electrons. The molecule has 1 unspecified atom stereocenters. The van der Waals surface area contributed by atoms with E-state index in [2.05, 4.69) is 15.6 Å². The molecule has 8 heteroatoms. The van der Waals surface area contributed by atoms with Gasteiger partial charge in [0.1, 0.15) is 5.76 Å². The van der Waals surface area contributed by atoms with Gasteiger partial charge in [0.05, 0.1) is 24.2 Å². The summed E-state index contributed by atoms with van der Waals surface area (Å²) >= 11 is 5.79. The Hall–Kier alpha value is -1.86. The van der Waals surface area contributed by atoms with E-state index in [4.69, 9.17) is 16.0 Å². The standard InChI is InChI=1S/C16H19ClN4O3/c17-15-4-3-11(24-15)7-18-12-5-10(16(22)23)6-14(12)21-8-13(19-20-21)9-1-2-9/h3-4,8-10,12,14,18H,1-2,5-7H2,(H,22,23)/t10?,12-,14+/m1/s1. The van der Waals surface area contributed by atoms with Gasteiger partial charge in [0.2, 0.25) is 0 Å². The Morgan fingerprint density at radius 3 is 2.92 bits per heavy atom. The number of aliphatic carboxylic acids is 1. The van der Waals surface area contributed by atoms with Gasteiger partial charge in [-0.1, -0.05) is 5.21 Å². The molecule has 2 saturated carbocycles. The summed E-state index contributed by atoms with van der Waals surface area (Å²) in [5, 5.41) is 21.6. The molecule has 2 fully saturated rings. The third kappa shape index (κ3) is 3.18. The average Bonchev–Trinajstić information content (AvgIpc) is 2.98. The summed E-state index contributed by atoms with van der Waals surface area (Å²) in [6.07, 6.45) is 5.43. The van der Waals surface area contributed by atoms with E-state index in [1.54, 1.807) is 6.07 Å². The van der Waals surface area contributed by atoms with Crippen LogP contribution < -0.4 is 5.32 Å². The van der Waals surface area contributed by atoms with Gasteiger partial charge in [-0.25, -0.2) is 4.68 Å². The van der Waals surface area contributed by atoms with Crippen LogP contribution in [-0.4, -0.2) is 32.1 Å². The first-order chi connectivity index (χ1) is 11.6. The van der Waals surface area contributed by atoms with E-state index in [1.807, 2.05) is 16.9 Å². The highest BCUT2D eigenvalue weighted by atomic mass is 35.5. The smallest absolute Gasteiger partial charge is 0.306 e. The predicted molar refractivity (Wildman–Crippen MR) is 85.7 cm³/mol. The second kappa shape index (κ2) is 6.22. The molecular formula is C16H19ClN4O3. The second-order valence-electron chi connectivity index (χ2n) is 6.66. The summed E-state index contributed by atoms with van der Waals surface area (Å²) in [5.41, 5.74) is 1.02. The SMILES string of the molecule is O=C(O)C1C[C@@H](NCc2ccc(Cl)o2)[C@@H](n2cc(C3CC3)nn2)C1. The zero-order valence-corrected chi connectivity index (χ0v) is 13.8. The van der Waals surface area contributed by atoms with Crippen molar-refractivity contribution in [1.29, 1.82) is 0 Å². The molecule has 2 aliphatic carbocycles. The summed E-state index contributed by atoms with van der Waals surface area (Å²) in [6, 6.07) is 3.50. The lowest BCUT2D eigenvalue weighted by Crippen LogP contribution is -2.33. The van der Waals surface area contributed by atoms with E-state index in [0.29, 0.717) is 30.5 Å². The predicted octanol–water partition coefficient (Wildman–Crippen LogP) is 2.60. The van der Waals surface area contributed by atoms with Crippen molar-refractivity contribution in [2.75, 3.05) is 0 Å². The van der Waals surface area contributed by atoms with Gasteiger partial charge in [-0.3, -0.25) is 4.79 Å². The molecule has 2 N–H and O–H groups in total. The van der Waals surface area contributed by atoms with E-state index < -0.39 is 5.97 Å². The molecule has 4 rings (SSSR count). The minimum absolute atomic E-state index is 0.00345. The van der Waals surface area contributed by atoms with Gasteiger partial charge in [0.25, 0.3) is 0 Å². The minimum atomic E-state index is -0.757. The van der Waals surface area contributed by atoms with Gasteiger partial charge in [0.15, 0.2) is 5.22 Å². The Morgan fingerprint density at radius 2 is 2.25 bits per heavy atom. The fraction of sp³-hybridized carbons (Fsp3) is 0.562. The van der Waals surface area contributed by atoms with Crippen molar-refractivity contribution in [2.45, 2.75) is 50.2 Å². The monoisotopic (exact) mass is 350 g/mol. The lowest BCUT2D eigenvalue weighted by Gasteiger charge is -2.20. The first-order valence-electron chi connectivity index (χ1n) is 8.22. The molecule has 2 aliphatic rings. The van der Waals surface area contributed by atoms with Crippen molar-refractivity contribution < 1.29 is 14.3 Å². The Balaban J connectivity index is 1.48.